The SMILES string of the molecule is CC(C)CN1CC(C(=O)O)CNS1(=O)=O. The summed E-state index contributed by atoms with van der Waals surface area (Å²) in [6, 6.07) is 0. The molecule has 1 unspecified atom stereocenters. The van der Waals surface area contributed by atoms with E-state index < -0.39 is 22.1 Å². The van der Waals surface area contributed by atoms with Crippen LogP contribution in [0.5, 0.6) is 0 Å². The maximum Gasteiger partial charge on any atom is 0.309 e. The highest BCUT2D eigenvalue weighted by molar-refractivity contribution is 7.87. The van der Waals surface area contributed by atoms with Crippen molar-refractivity contribution in [1.29, 1.82) is 0 Å². The summed E-state index contributed by atoms with van der Waals surface area (Å²) in [5.41, 5.74) is 0. The molecular weight excluding hydrogens is 220 g/mol. The fourth-order valence-corrected chi connectivity index (χ4v) is 2.92. The Hall–Kier alpha value is -0.660. The van der Waals surface area contributed by atoms with Crippen molar-refractivity contribution in [3.05, 3.63) is 0 Å². The van der Waals surface area contributed by atoms with Crippen molar-refractivity contribution in [2.45, 2.75) is 13.8 Å². The summed E-state index contributed by atoms with van der Waals surface area (Å²) in [7, 11) is -3.47. The van der Waals surface area contributed by atoms with Crippen LogP contribution in [0, 0.1) is 11.8 Å². The molecule has 0 spiro atoms. The maximum atomic E-state index is 11.5. The Labute approximate surface area is 89.4 Å². The molecule has 6 nitrogen and oxygen atoms in total. The van der Waals surface area contributed by atoms with E-state index in [0.29, 0.717) is 6.54 Å². The summed E-state index contributed by atoms with van der Waals surface area (Å²) >= 11 is 0. The van der Waals surface area contributed by atoms with Crippen LogP contribution in [0.4, 0.5) is 0 Å². The van der Waals surface area contributed by atoms with Gasteiger partial charge in [0.15, 0.2) is 0 Å². The molecule has 7 heteroatoms. The average molecular weight is 236 g/mol. The van der Waals surface area contributed by atoms with Gasteiger partial charge >= 0.3 is 5.97 Å². The lowest BCUT2D eigenvalue weighted by Gasteiger charge is -2.31. The van der Waals surface area contributed by atoms with Gasteiger partial charge in [-0.25, -0.2) is 4.72 Å². The average Bonchev–Trinajstić information content (AvgIpc) is 2.07. The second kappa shape index (κ2) is 4.46. The highest BCUT2D eigenvalue weighted by atomic mass is 32.2. The molecule has 1 atom stereocenters. The number of hydrogen-bond acceptors (Lipinski definition) is 3. The van der Waals surface area contributed by atoms with E-state index in [-0.39, 0.29) is 19.0 Å². The predicted molar refractivity (Wildman–Crippen MR) is 54.5 cm³/mol. The van der Waals surface area contributed by atoms with Crippen LogP contribution in [-0.2, 0) is 15.0 Å². The van der Waals surface area contributed by atoms with Crippen molar-refractivity contribution < 1.29 is 18.3 Å². The van der Waals surface area contributed by atoms with Crippen molar-refractivity contribution in [3.8, 4) is 0 Å². The summed E-state index contributed by atoms with van der Waals surface area (Å²) in [4.78, 5) is 10.7. The third-order valence-corrected chi connectivity index (χ3v) is 3.70. The van der Waals surface area contributed by atoms with E-state index in [1.165, 1.54) is 4.31 Å². The predicted octanol–water partition coefficient (Wildman–Crippen LogP) is -0.507. The van der Waals surface area contributed by atoms with Gasteiger partial charge in [0.1, 0.15) is 0 Å². The van der Waals surface area contributed by atoms with Gasteiger partial charge in [0.25, 0.3) is 10.2 Å². The Kier molecular flexibility index (Phi) is 3.69. The molecule has 0 radical (unpaired) electrons. The number of nitrogens with zero attached hydrogens (tertiary/aromatic N) is 1. The quantitative estimate of drug-likeness (QED) is 0.691. The Balaban J connectivity index is 2.75. The number of hydrogen-bond donors (Lipinski definition) is 2. The second-order valence-corrected chi connectivity index (χ2v) is 5.85. The minimum Gasteiger partial charge on any atom is -0.481 e. The highest BCUT2D eigenvalue weighted by Gasteiger charge is 2.34. The zero-order chi connectivity index (χ0) is 11.6. The molecule has 1 saturated heterocycles. The lowest BCUT2D eigenvalue weighted by Crippen LogP contribution is -2.54. The number of aliphatic carboxylic acids is 1. The van der Waals surface area contributed by atoms with E-state index in [0.717, 1.165) is 0 Å². The van der Waals surface area contributed by atoms with Gasteiger partial charge in [-0.05, 0) is 5.92 Å². The zero-order valence-corrected chi connectivity index (χ0v) is 9.62. The summed E-state index contributed by atoms with van der Waals surface area (Å²) < 4.78 is 26.5. The van der Waals surface area contributed by atoms with Gasteiger partial charge in [-0.3, -0.25) is 4.79 Å². The van der Waals surface area contributed by atoms with Crippen molar-refractivity contribution in [2.75, 3.05) is 19.6 Å². The van der Waals surface area contributed by atoms with E-state index in [9.17, 15) is 13.2 Å². The molecule has 0 aliphatic carbocycles. The topological polar surface area (TPSA) is 86.7 Å². The van der Waals surface area contributed by atoms with Crippen LogP contribution in [0.1, 0.15) is 13.8 Å². The van der Waals surface area contributed by atoms with Crippen molar-refractivity contribution in [1.82, 2.24) is 9.03 Å². The molecule has 15 heavy (non-hydrogen) atoms. The van der Waals surface area contributed by atoms with Gasteiger partial charge in [-0.15, -0.1) is 0 Å². The van der Waals surface area contributed by atoms with Crippen molar-refractivity contribution in [3.63, 3.8) is 0 Å². The van der Waals surface area contributed by atoms with Crippen LogP contribution in [0.25, 0.3) is 0 Å². The van der Waals surface area contributed by atoms with Crippen LogP contribution in [0.2, 0.25) is 0 Å². The third kappa shape index (κ3) is 3.15. The first-order chi connectivity index (χ1) is 6.83. The monoisotopic (exact) mass is 236 g/mol. The van der Waals surface area contributed by atoms with E-state index in [1.54, 1.807) is 0 Å². The van der Waals surface area contributed by atoms with Gasteiger partial charge in [0.05, 0.1) is 5.92 Å². The fourth-order valence-electron chi connectivity index (χ4n) is 1.45. The lowest BCUT2D eigenvalue weighted by atomic mass is 10.1. The van der Waals surface area contributed by atoms with E-state index >= 15 is 0 Å². The standard InChI is InChI=1S/C8H16N2O4S/c1-6(2)4-10-5-7(8(11)12)3-9-15(10,13)14/h6-7,9H,3-5H2,1-2H3,(H,11,12). The van der Waals surface area contributed by atoms with Gasteiger partial charge in [0.2, 0.25) is 0 Å². The van der Waals surface area contributed by atoms with Gasteiger partial charge in [0, 0.05) is 19.6 Å². The first-order valence-corrected chi connectivity index (χ1v) is 6.24. The molecule has 1 fully saturated rings. The summed E-state index contributed by atoms with van der Waals surface area (Å²) in [5.74, 6) is -1.45. The number of carboxylic acids is 1. The summed E-state index contributed by atoms with van der Waals surface area (Å²) in [6.07, 6.45) is 0. The van der Waals surface area contributed by atoms with Crippen LogP contribution in [-0.4, -0.2) is 43.4 Å². The number of rotatable bonds is 3. The molecule has 1 heterocycles. The molecule has 0 aromatic heterocycles. The Morgan fingerprint density at radius 2 is 2.20 bits per heavy atom. The molecule has 0 aromatic rings. The first kappa shape index (κ1) is 12.4. The molecule has 2 N–H and O–H groups in total. The molecule has 88 valence electrons. The molecule has 1 aliphatic heterocycles. The Bertz CT molecular complexity index is 339. The van der Waals surface area contributed by atoms with E-state index in [2.05, 4.69) is 4.72 Å². The molecule has 1 aliphatic rings. The zero-order valence-electron chi connectivity index (χ0n) is 8.80. The molecule has 0 amide bonds. The van der Waals surface area contributed by atoms with Crippen LogP contribution < -0.4 is 4.72 Å². The van der Waals surface area contributed by atoms with E-state index in [1.807, 2.05) is 13.8 Å². The third-order valence-electron chi connectivity index (χ3n) is 2.19. The fraction of sp³-hybridized carbons (Fsp3) is 0.875. The number of carbonyl (C=O) groups is 1. The van der Waals surface area contributed by atoms with Crippen LogP contribution in [0.15, 0.2) is 0 Å². The van der Waals surface area contributed by atoms with Crippen molar-refractivity contribution >= 4 is 16.2 Å². The smallest absolute Gasteiger partial charge is 0.309 e. The highest BCUT2D eigenvalue weighted by Crippen LogP contribution is 2.13. The summed E-state index contributed by atoms with van der Waals surface area (Å²) in [5, 5.41) is 8.80. The number of carboxylic acid groups (broad SMARTS) is 1. The van der Waals surface area contributed by atoms with Crippen LogP contribution in [0.3, 0.4) is 0 Å². The second-order valence-electron chi connectivity index (χ2n) is 4.10. The Morgan fingerprint density at radius 3 is 2.67 bits per heavy atom. The normalized spacial score (nSPS) is 26.7. The number of nitrogens with one attached hydrogen (secondary N) is 1. The minimum absolute atomic E-state index is 0.0216. The molecular formula is C8H16N2O4S. The van der Waals surface area contributed by atoms with Gasteiger partial charge in [-0.1, -0.05) is 13.8 Å². The van der Waals surface area contributed by atoms with Crippen molar-refractivity contribution in [2.24, 2.45) is 11.8 Å². The Morgan fingerprint density at radius 1 is 1.60 bits per heavy atom. The minimum atomic E-state index is -3.47. The van der Waals surface area contributed by atoms with E-state index in [4.69, 9.17) is 5.11 Å². The van der Waals surface area contributed by atoms with Gasteiger partial charge < -0.3 is 5.11 Å². The summed E-state index contributed by atoms with van der Waals surface area (Å²) in [6.45, 7) is 4.16. The van der Waals surface area contributed by atoms with Crippen LogP contribution >= 0.6 is 0 Å². The molecule has 0 saturated carbocycles. The molecule has 1 rings (SSSR count). The largest absolute Gasteiger partial charge is 0.481 e. The van der Waals surface area contributed by atoms with Gasteiger partial charge in [-0.2, -0.15) is 12.7 Å². The molecule has 0 aromatic carbocycles. The lowest BCUT2D eigenvalue weighted by molar-refractivity contribution is -0.141. The maximum absolute atomic E-state index is 11.5. The first-order valence-electron chi connectivity index (χ1n) is 4.80. The molecule has 0 bridgehead atoms.